The molecular weight excluding hydrogens is 265 g/mol. The van der Waals surface area contributed by atoms with Gasteiger partial charge in [0.25, 0.3) is 5.91 Å². The number of benzene rings is 1. The Morgan fingerprint density at radius 2 is 2.05 bits per heavy atom. The van der Waals surface area contributed by atoms with Gasteiger partial charge in [0.15, 0.2) is 0 Å². The number of carbonyl (C=O) groups is 1. The minimum Gasteiger partial charge on any atom is -0.349 e. The molecule has 2 nitrogen and oxygen atoms in total. The Labute approximate surface area is 119 Å². The Bertz CT molecular complexity index is 454. The van der Waals surface area contributed by atoms with Crippen LogP contribution in [0.2, 0.25) is 0 Å². The number of alkyl halides is 1. The van der Waals surface area contributed by atoms with Gasteiger partial charge < -0.3 is 5.32 Å². The number of nitrogens with one attached hydrogen (secondary N) is 1. The molecule has 0 spiro atoms. The van der Waals surface area contributed by atoms with Crippen LogP contribution in [-0.2, 0) is 0 Å². The average molecular weight is 286 g/mol. The first kappa shape index (κ1) is 16.0. The molecule has 0 saturated carbocycles. The van der Waals surface area contributed by atoms with Crippen LogP contribution in [0.4, 0.5) is 4.39 Å². The molecule has 0 aliphatic carbocycles. The van der Waals surface area contributed by atoms with E-state index in [0.717, 1.165) is 0 Å². The summed E-state index contributed by atoms with van der Waals surface area (Å²) in [6.45, 7) is 7.72. The van der Waals surface area contributed by atoms with E-state index in [1.807, 2.05) is 20.8 Å². The molecule has 0 radical (unpaired) electrons. The highest BCUT2D eigenvalue weighted by Gasteiger charge is 2.26. The molecular formula is C15H21ClFNO. The highest BCUT2D eigenvalue weighted by atomic mass is 35.5. The number of rotatable bonds is 4. The summed E-state index contributed by atoms with van der Waals surface area (Å²) in [5.41, 5.74) is 0.436. The summed E-state index contributed by atoms with van der Waals surface area (Å²) in [5, 5.41) is 2.88. The van der Waals surface area contributed by atoms with E-state index in [-0.39, 0.29) is 22.9 Å². The summed E-state index contributed by atoms with van der Waals surface area (Å²) >= 11 is 5.76. The van der Waals surface area contributed by atoms with Gasteiger partial charge in [-0.1, -0.05) is 32.9 Å². The monoisotopic (exact) mass is 285 g/mol. The number of halogens is 2. The van der Waals surface area contributed by atoms with Gasteiger partial charge in [0.1, 0.15) is 5.82 Å². The van der Waals surface area contributed by atoms with Gasteiger partial charge in [-0.25, -0.2) is 4.39 Å². The minimum absolute atomic E-state index is 0.0857. The van der Waals surface area contributed by atoms with Crippen LogP contribution in [0, 0.1) is 18.2 Å². The Morgan fingerprint density at radius 3 is 2.58 bits per heavy atom. The summed E-state index contributed by atoms with van der Waals surface area (Å²) in [6.07, 6.45) is 0.657. The smallest absolute Gasteiger partial charge is 0.254 e. The van der Waals surface area contributed by atoms with Crippen LogP contribution in [-0.4, -0.2) is 17.8 Å². The molecule has 1 aromatic carbocycles. The van der Waals surface area contributed by atoms with Crippen molar-refractivity contribution < 1.29 is 9.18 Å². The second-order valence-electron chi connectivity index (χ2n) is 5.81. The number of aryl methyl sites for hydroxylation is 1. The van der Waals surface area contributed by atoms with E-state index in [9.17, 15) is 9.18 Å². The molecule has 1 atom stereocenters. The minimum atomic E-state index is -0.460. The fraction of sp³-hybridized carbons (Fsp3) is 0.533. The van der Waals surface area contributed by atoms with Crippen molar-refractivity contribution in [2.24, 2.45) is 5.41 Å². The molecule has 1 N–H and O–H groups in total. The van der Waals surface area contributed by atoms with Crippen LogP contribution in [0.15, 0.2) is 18.2 Å². The number of carbonyl (C=O) groups excluding carboxylic acids is 1. The predicted molar refractivity (Wildman–Crippen MR) is 77.2 cm³/mol. The van der Waals surface area contributed by atoms with Crippen LogP contribution in [0.25, 0.3) is 0 Å². The normalized spacial score (nSPS) is 13.2. The Morgan fingerprint density at radius 1 is 1.42 bits per heavy atom. The highest BCUT2D eigenvalue weighted by Crippen LogP contribution is 2.23. The zero-order chi connectivity index (χ0) is 14.6. The Hall–Kier alpha value is -1.09. The van der Waals surface area contributed by atoms with Crippen molar-refractivity contribution >= 4 is 17.5 Å². The van der Waals surface area contributed by atoms with Crippen LogP contribution in [0.5, 0.6) is 0 Å². The molecule has 0 aromatic heterocycles. The average Bonchev–Trinajstić information content (AvgIpc) is 2.30. The largest absolute Gasteiger partial charge is 0.349 e. The maximum absolute atomic E-state index is 13.9. The van der Waals surface area contributed by atoms with E-state index in [1.165, 1.54) is 6.07 Å². The number of hydrogen-bond donors (Lipinski definition) is 1. The van der Waals surface area contributed by atoms with Crippen molar-refractivity contribution in [3.05, 3.63) is 35.1 Å². The molecule has 0 fully saturated rings. The third-order valence-corrected chi connectivity index (χ3v) is 3.40. The first-order chi connectivity index (χ1) is 8.77. The second-order valence-corrected chi connectivity index (χ2v) is 6.18. The second kappa shape index (κ2) is 6.38. The predicted octanol–water partition coefficient (Wildman–Crippen LogP) is 3.91. The Balaban J connectivity index is 2.91. The van der Waals surface area contributed by atoms with Gasteiger partial charge in [0.05, 0.1) is 5.56 Å². The van der Waals surface area contributed by atoms with E-state index in [0.29, 0.717) is 17.9 Å². The number of amides is 1. The van der Waals surface area contributed by atoms with E-state index in [4.69, 9.17) is 11.6 Å². The van der Waals surface area contributed by atoms with Gasteiger partial charge in [-0.3, -0.25) is 4.79 Å². The van der Waals surface area contributed by atoms with Crippen molar-refractivity contribution in [2.45, 2.75) is 40.2 Å². The van der Waals surface area contributed by atoms with E-state index in [2.05, 4.69) is 5.32 Å². The van der Waals surface area contributed by atoms with Crippen molar-refractivity contribution in [1.29, 1.82) is 0 Å². The molecule has 0 aliphatic heterocycles. The van der Waals surface area contributed by atoms with Crippen molar-refractivity contribution in [1.82, 2.24) is 5.32 Å². The van der Waals surface area contributed by atoms with Crippen LogP contribution in [0.3, 0.4) is 0 Å². The van der Waals surface area contributed by atoms with Crippen molar-refractivity contribution in [3.63, 3.8) is 0 Å². The van der Waals surface area contributed by atoms with Crippen molar-refractivity contribution in [2.75, 3.05) is 5.88 Å². The Kier molecular flexibility index (Phi) is 5.36. The lowest BCUT2D eigenvalue weighted by molar-refractivity contribution is 0.0896. The third kappa shape index (κ3) is 4.20. The van der Waals surface area contributed by atoms with E-state index in [1.54, 1.807) is 19.1 Å². The SMILES string of the molecule is Cc1cccc(C(=O)NC(CCCl)C(C)(C)C)c1F. The summed E-state index contributed by atoms with van der Waals surface area (Å²) in [4.78, 5) is 12.2. The van der Waals surface area contributed by atoms with Gasteiger partial charge in [-0.2, -0.15) is 0 Å². The standard InChI is InChI=1S/C15H21ClFNO/c1-10-6-5-7-11(13(10)17)14(19)18-12(8-9-16)15(2,3)4/h5-7,12H,8-9H2,1-4H3,(H,18,19). The molecule has 1 aromatic rings. The lowest BCUT2D eigenvalue weighted by atomic mass is 9.85. The molecule has 0 saturated heterocycles. The molecule has 0 bridgehead atoms. The summed E-state index contributed by atoms with van der Waals surface area (Å²) < 4.78 is 13.9. The lowest BCUT2D eigenvalue weighted by Crippen LogP contribution is -2.44. The lowest BCUT2D eigenvalue weighted by Gasteiger charge is -2.31. The zero-order valence-electron chi connectivity index (χ0n) is 11.9. The maximum Gasteiger partial charge on any atom is 0.254 e. The fourth-order valence-corrected chi connectivity index (χ4v) is 2.11. The maximum atomic E-state index is 13.9. The molecule has 1 rings (SSSR count). The van der Waals surface area contributed by atoms with Gasteiger partial charge in [-0.15, -0.1) is 11.6 Å². The summed E-state index contributed by atoms with van der Waals surface area (Å²) in [5.74, 6) is -0.386. The fourth-order valence-electron chi connectivity index (χ4n) is 1.89. The van der Waals surface area contributed by atoms with Crippen LogP contribution in [0.1, 0.15) is 43.1 Å². The van der Waals surface area contributed by atoms with E-state index >= 15 is 0 Å². The molecule has 19 heavy (non-hydrogen) atoms. The zero-order valence-corrected chi connectivity index (χ0v) is 12.6. The molecule has 4 heteroatoms. The van der Waals surface area contributed by atoms with Crippen LogP contribution >= 0.6 is 11.6 Å². The van der Waals surface area contributed by atoms with Gasteiger partial charge >= 0.3 is 0 Å². The molecule has 106 valence electrons. The van der Waals surface area contributed by atoms with Crippen LogP contribution < -0.4 is 5.32 Å². The molecule has 0 heterocycles. The molecule has 1 unspecified atom stereocenters. The van der Waals surface area contributed by atoms with E-state index < -0.39 is 5.82 Å². The first-order valence-electron chi connectivity index (χ1n) is 6.39. The van der Waals surface area contributed by atoms with Gasteiger partial charge in [0, 0.05) is 11.9 Å². The highest BCUT2D eigenvalue weighted by molar-refractivity contribution is 6.17. The molecule has 1 amide bonds. The topological polar surface area (TPSA) is 29.1 Å². The number of hydrogen-bond acceptors (Lipinski definition) is 1. The van der Waals surface area contributed by atoms with Gasteiger partial charge in [0.2, 0.25) is 0 Å². The van der Waals surface area contributed by atoms with Gasteiger partial charge in [-0.05, 0) is 30.4 Å². The van der Waals surface area contributed by atoms with Crippen molar-refractivity contribution in [3.8, 4) is 0 Å². The quantitative estimate of drug-likeness (QED) is 0.835. The third-order valence-electron chi connectivity index (χ3n) is 3.18. The molecule has 0 aliphatic rings. The summed E-state index contributed by atoms with van der Waals surface area (Å²) in [7, 11) is 0. The first-order valence-corrected chi connectivity index (χ1v) is 6.92. The summed E-state index contributed by atoms with van der Waals surface area (Å²) in [6, 6.07) is 4.74.